The van der Waals surface area contributed by atoms with Crippen LogP contribution in [0.15, 0.2) is 37.2 Å². The summed E-state index contributed by atoms with van der Waals surface area (Å²) >= 11 is 0. The number of halogens is 3. The first-order valence-corrected chi connectivity index (χ1v) is 6.32. The zero-order chi connectivity index (χ0) is 16.3. The molecule has 0 aliphatic carbocycles. The number of carbonyl (C=O) groups is 1. The molecular weight excluding hydrogens is 297 g/mol. The van der Waals surface area contributed by atoms with Gasteiger partial charge in [0.05, 0.1) is 23.0 Å². The van der Waals surface area contributed by atoms with Gasteiger partial charge in [-0.25, -0.2) is 9.67 Å². The molecule has 0 bridgehead atoms. The molecule has 116 valence electrons. The van der Waals surface area contributed by atoms with Crippen LogP contribution in [0.5, 0.6) is 0 Å². The van der Waals surface area contributed by atoms with Gasteiger partial charge >= 0.3 is 6.18 Å². The molecule has 2 rings (SSSR count). The molecule has 0 unspecified atom stereocenters. The number of alkyl halides is 3. The first-order chi connectivity index (χ1) is 10.3. The third kappa shape index (κ3) is 3.16. The smallest absolute Gasteiger partial charge is 0.348 e. The molecule has 1 amide bonds. The molecule has 0 saturated carbocycles. The Labute approximate surface area is 124 Å². The number of aromatic nitrogens is 3. The van der Waals surface area contributed by atoms with Crippen LogP contribution in [0.4, 0.5) is 13.2 Å². The van der Waals surface area contributed by atoms with Gasteiger partial charge in [0, 0.05) is 12.7 Å². The predicted octanol–water partition coefficient (Wildman–Crippen LogP) is 2.51. The molecule has 0 radical (unpaired) electrons. The maximum Gasteiger partial charge on any atom is 0.417 e. The van der Waals surface area contributed by atoms with E-state index < -0.39 is 11.7 Å². The molecular formula is C14H13F3N4O. The standard InChI is InChI=1S/C14H13F3N4O/c1-3-6-18-13(22)11-8-20-21(9(11)2)12-5-4-10(7-19-12)14(15,16)17/h3-5,7-8H,1,6H2,2H3,(H,18,22). The first-order valence-electron chi connectivity index (χ1n) is 6.32. The summed E-state index contributed by atoms with van der Waals surface area (Å²) in [4.78, 5) is 15.6. The molecule has 5 nitrogen and oxygen atoms in total. The number of nitrogens with zero attached hydrogens (tertiary/aromatic N) is 3. The number of pyridine rings is 1. The maximum absolute atomic E-state index is 12.5. The highest BCUT2D eigenvalue weighted by Crippen LogP contribution is 2.28. The van der Waals surface area contributed by atoms with Gasteiger partial charge in [-0.2, -0.15) is 18.3 Å². The number of hydrogen-bond acceptors (Lipinski definition) is 3. The second kappa shape index (κ2) is 6.00. The van der Waals surface area contributed by atoms with E-state index in [1.807, 2.05) is 0 Å². The van der Waals surface area contributed by atoms with Crippen LogP contribution in [-0.4, -0.2) is 27.2 Å². The van der Waals surface area contributed by atoms with Gasteiger partial charge in [-0.1, -0.05) is 6.08 Å². The molecule has 0 spiro atoms. The fourth-order valence-electron chi connectivity index (χ4n) is 1.80. The van der Waals surface area contributed by atoms with Gasteiger partial charge in [0.1, 0.15) is 0 Å². The molecule has 0 atom stereocenters. The maximum atomic E-state index is 12.5. The average molecular weight is 310 g/mol. The van der Waals surface area contributed by atoms with Crippen LogP contribution in [0.2, 0.25) is 0 Å². The number of rotatable bonds is 4. The summed E-state index contributed by atoms with van der Waals surface area (Å²) in [5.74, 6) is -0.135. The van der Waals surface area contributed by atoms with Crippen LogP contribution in [0.3, 0.4) is 0 Å². The fraction of sp³-hybridized carbons (Fsp3) is 0.214. The average Bonchev–Trinajstić information content (AvgIpc) is 2.86. The quantitative estimate of drug-likeness (QED) is 0.883. The van der Waals surface area contributed by atoms with Crippen LogP contribution in [-0.2, 0) is 6.18 Å². The van der Waals surface area contributed by atoms with Gasteiger partial charge < -0.3 is 5.32 Å². The lowest BCUT2D eigenvalue weighted by Crippen LogP contribution is -2.23. The summed E-state index contributed by atoms with van der Waals surface area (Å²) in [6, 6.07) is 2.12. The number of amides is 1. The minimum Gasteiger partial charge on any atom is -0.348 e. The Balaban J connectivity index is 2.29. The van der Waals surface area contributed by atoms with Gasteiger partial charge in [0.2, 0.25) is 0 Å². The Kier molecular flexibility index (Phi) is 4.30. The number of hydrogen-bond donors (Lipinski definition) is 1. The van der Waals surface area contributed by atoms with Gasteiger partial charge in [-0.3, -0.25) is 4.79 Å². The number of nitrogens with one attached hydrogen (secondary N) is 1. The molecule has 2 aromatic rings. The zero-order valence-electron chi connectivity index (χ0n) is 11.7. The van der Waals surface area contributed by atoms with E-state index in [1.165, 1.54) is 23.0 Å². The van der Waals surface area contributed by atoms with Crippen molar-refractivity contribution < 1.29 is 18.0 Å². The molecule has 0 aliphatic rings. The van der Waals surface area contributed by atoms with E-state index in [4.69, 9.17) is 0 Å². The minimum absolute atomic E-state index is 0.202. The predicted molar refractivity (Wildman–Crippen MR) is 73.6 cm³/mol. The second-order valence-electron chi connectivity index (χ2n) is 4.46. The van der Waals surface area contributed by atoms with E-state index in [2.05, 4.69) is 22.0 Å². The highest BCUT2D eigenvalue weighted by atomic mass is 19.4. The molecule has 0 aromatic carbocycles. The van der Waals surface area contributed by atoms with E-state index >= 15 is 0 Å². The van der Waals surface area contributed by atoms with E-state index in [0.29, 0.717) is 17.8 Å². The van der Waals surface area contributed by atoms with Crippen LogP contribution < -0.4 is 5.32 Å². The van der Waals surface area contributed by atoms with Crippen LogP contribution in [0, 0.1) is 6.92 Å². The van der Waals surface area contributed by atoms with Crippen molar-refractivity contribution in [3.8, 4) is 5.82 Å². The molecule has 22 heavy (non-hydrogen) atoms. The molecule has 8 heteroatoms. The summed E-state index contributed by atoms with van der Waals surface area (Å²) in [6.07, 6.45) is -0.837. The zero-order valence-corrected chi connectivity index (χ0v) is 11.7. The van der Waals surface area contributed by atoms with Crippen molar-refractivity contribution in [2.75, 3.05) is 6.54 Å². The SMILES string of the molecule is C=CCNC(=O)c1cnn(-c2ccc(C(F)(F)F)cn2)c1C. The molecule has 0 saturated heterocycles. The van der Waals surface area contributed by atoms with Crippen molar-refractivity contribution >= 4 is 5.91 Å². The monoisotopic (exact) mass is 310 g/mol. The molecule has 2 heterocycles. The Morgan fingerprint density at radius 3 is 2.68 bits per heavy atom. The van der Waals surface area contributed by atoms with Crippen molar-refractivity contribution in [1.82, 2.24) is 20.1 Å². The minimum atomic E-state index is -4.44. The molecule has 2 aromatic heterocycles. The van der Waals surface area contributed by atoms with Crippen molar-refractivity contribution in [2.45, 2.75) is 13.1 Å². The number of carbonyl (C=O) groups excluding carboxylic acids is 1. The molecule has 1 N–H and O–H groups in total. The van der Waals surface area contributed by atoms with Gasteiger partial charge in [-0.15, -0.1) is 6.58 Å². The van der Waals surface area contributed by atoms with Crippen molar-refractivity contribution in [2.24, 2.45) is 0 Å². The summed E-state index contributed by atoms with van der Waals surface area (Å²) in [5, 5.41) is 6.60. The Morgan fingerprint density at radius 1 is 1.41 bits per heavy atom. The Morgan fingerprint density at radius 2 is 2.14 bits per heavy atom. The summed E-state index contributed by atoms with van der Waals surface area (Å²) < 4.78 is 38.8. The first kappa shape index (κ1) is 15.7. The van der Waals surface area contributed by atoms with E-state index in [1.54, 1.807) is 6.92 Å². The molecule has 0 aliphatic heterocycles. The summed E-state index contributed by atoms with van der Waals surface area (Å²) in [5.41, 5.74) is -0.0395. The van der Waals surface area contributed by atoms with Crippen molar-refractivity contribution in [3.05, 3.63) is 54.0 Å². The lowest BCUT2D eigenvalue weighted by Gasteiger charge is -2.08. The molecule has 0 fully saturated rings. The largest absolute Gasteiger partial charge is 0.417 e. The second-order valence-corrected chi connectivity index (χ2v) is 4.46. The normalized spacial score (nSPS) is 11.3. The fourth-order valence-corrected chi connectivity index (χ4v) is 1.80. The van der Waals surface area contributed by atoms with Gasteiger partial charge in [-0.05, 0) is 19.1 Å². The van der Waals surface area contributed by atoms with Crippen molar-refractivity contribution in [1.29, 1.82) is 0 Å². The lowest BCUT2D eigenvalue weighted by molar-refractivity contribution is -0.137. The highest BCUT2D eigenvalue weighted by Gasteiger charge is 2.30. The summed E-state index contributed by atoms with van der Waals surface area (Å²) in [6.45, 7) is 5.43. The third-order valence-corrected chi connectivity index (χ3v) is 2.95. The topological polar surface area (TPSA) is 59.8 Å². The van der Waals surface area contributed by atoms with Gasteiger partial charge in [0.15, 0.2) is 5.82 Å². The van der Waals surface area contributed by atoms with Crippen LogP contribution in [0.25, 0.3) is 5.82 Å². The Bertz CT molecular complexity index is 689. The lowest BCUT2D eigenvalue weighted by atomic mass is 10.2. The van der Waals surface area contributed by atoms with E-state index in [0.717, 1.165) is 12.3 Å². The Hall–Kier alpha value is -2.64. The third-order valence-electron chi connectivity index (χ3n) is 2.95. The van der Waals surface area contributed by atoms with Crippen LogP contribution >= 0.6 is 0 Å². The van der Waals surface area contributed by atoms with E-state index in [9.17, 15) is 18.0 Å². The van der Waals surface area contributed by atoms with Crippen LogP contribution in [0.1, 0.15) is 21.6 Å². The highest BCUT2D eigenvalue weighted by molar-refractivity contribution is 5.95. The van der Waals surface area contributed by atoms with Crippen molar-refractivity contribution in [3.63, 3.8) is 0 Å². The van der Waals surface area contributed by atoms with E-state index in [-0.39, 0.29) is 11.7 Å². The summed E-state index contributed by atoms with van der Waals surface area (Å²) in [7, 11) is 0. The van der Waals surface area contributed by atoms with Gasteiger partial charge in [0.25, 0.3) is 5.91 Å².